The van der Waals surface area contributed by atoms with Gasteiger partial charge in [-0.1, -0.05) is 32.0 Å². The number of carbonyl (C=O) groups excluding carboxylic acids is 1. The van der Waals surface area contributed by atoms with Crippen molar-refractivity contribution in [2.24, 2.45) is 0 Å². The number of thiazole rings is 1. The second-order valence-corrected chi connectivity index (χ2v) is 9.21. The molecule has 2 aromatic heterocycles. The van der Waals surface area contributed by atoms with E-state index in [1.807, 2.05) is 35.4 Å². The molecule has 7 heteroatoms. The van der Waals surface area contributed by atoms with Gasteiger partial charge in [0, 0.05) is 35.2 Å². The highest BCUT2D eigenvalue weighted by Crippen LogP contribution is 2.51. The number of pyridine rings is 1. The molecule has 0 saturated heterocycles. The highest BCUT2D eigenvalue weighted by molar-refractivity contribution is 7.11. The van der Waals surface area contributed by atoms with Gasteiger partial charge < -0.3 is 14.4 Å². The van der Waals surface area contributed by atoms with Gasteiger partial charge >= 0.3 is 0 Å². The van der Waals surface area contributed by atoms with Crippen LogP contribution in [0.2, 0.25) is 0 Å². The van der Waals surface area contributed by atoms with Crippen LogP contribution in [-0.2, 0) is 16.8 Å². The van der Waals surface area contributed by atoms with Crippen LogP contribution in [0.25, 0.3) is 0 Å². The largest absolute Gasteiger partial charge is 0.490 e. The number of fused-ring (bicyclic) bond motifs is 4. The molecule has 5 rings (SSSR count). The van der Waals surface area contributed by atoms with Crippen LogP contribution in [0.1, 0.15) is 47.3 Å². The Labute approximate surface area is 179 Å². The van der Waals surface area contributed by atoms with Gasteiger partial charge in [-0.25, -0.2) is 9.97 Å². The summed E-state index contributed by atoms with van der Waals surface area (Å²) < 4.78 is 11.3. The molecule has 2 aliphatic heterocycles. The van der Waals surface area contributed by atoms with Gasteiger partial charge in [0.2, 0.25) is 11.8 Å². The molecule has 0 radical (unpaired) electrons. The van der Waals surface area contributed by atoms with Gasteiger partial charge in [0.25, 0.3) is 0 Å². The predicted molar refractivity (Wildman–Crippen MR) is 116 cm³/mol. The molecule has 1 spiro atoms. The van der Waals surface area contributed by atoms with Crippen molar-refractivity contribution in [1.82, 2.24) is 9.97 Å². The molecular formula is C23H23N3O3S. The lowest BCUT2D eigenvalue weighted by molar-refractivity contribution is -0.120. The molecule has 0 aliphatic carbocycles. The fraction of sp³-hybridized carbons (Fsp3) is 0.348. The predicted octanol–water partition coefficient (Wildman–Crippen LogP) is 4.29. The van der Waals surface area contributed by atoms with Crippen molar-refractivity contribution in [2.75, 3.05) is 18.6 Å². The number of nitrogens with zero attached hydrogens (tertiary/aromatic N) is 3. The zero-order chi connectivity index (χ0) is 20.9. The summed E-state index contributed by atoms with van der Waals surface area (Å²) in [4.78, 5) is 25.6. The molecule has 2 aliphatic rings. The van der Waals surface area contributed by atoms with Gasteiger partial charge in [0.15, 0.2) is 0 Å². The zero-order valence-electron chi connectivity index (χ0n) is 17.2. The monoisotopic (exact) mass is 421 g/mol. The Bertz CT molecular complexity index is 1130. The van der Waals surface area contributed by atoms with Gasteiger partial charge in [-0.15, -0.1) is 11.3 Å². The van der Waals surface area contributed by atoms with Crippen LogP contribution >= 0.6 is 11.3 Å². The van der Waals surface area contributed by atoms with Gasteiger partial charge in [0.1, 0.15) is 18.1 Å². The Morgan fingerprint density at radius 3 is 2.87 bits per heavy atom. The molecular weight excluding hydrogens is 398 g/mol. The van der Waals surface area contributed by atoms with E-state index in [0.717, 1.165) is 32.6 Å². The molecule has 0 fully saturated rings. The molecule has 1 atom stereocenters. The minimum Gasteiger partial charge on any atom is -0.490 e. The van der Waals surface area contributed by atoms with Crippen molar-refractivity contribution >= 4 is 22.9 Å². The second kappa shape index (κ2) is 7.09. The summed E-state index contributed by atoms with van der Waals surface area (Å²) in [5.74, 6) is 1.69. The lowest BCUT2D eigenvalue weighted by atomic mass is 9.72. The van der Waals surface area contributed by atoms with E-state index in [1.54, 1.807) is 24.5 Å². The van der Waals surface area contributed by atoms with E-state index in [4.69, 9.17) is 9.47 Å². The Hall–Kier alpha value is -2.93. The van der Waals surface area contributed by atoms with Gasteiger partial charge in [-0.05, 0) is 17.7 Å². The first kappa shape index (κ1) is 19.1. The minimum atomic E-state index is -0.592. The lowest BCUT2D eigenvalue weighted by Crippen LogP contribution is -2.45. The number of anilines is 1. The molecule has 30 heavy (non-hydrogen) atoms. The quantitative estimate of drug-likeness (QED) is 0.629. The smallest absolute Gasteiger partial charge is 0.228 e. The third-order valence-electron chi connectivity index (χ3n) is 5.81. The number of para-hydroxylation sites is 1. The Kier molecular flexibility index (Phi) is 4.50. The Morgan fingerprint density at radius 2 is 2.10 bits per heavy atom. The van der Waals surface area contributed by atoms with E-state index in [0.29, 0.717) is 31.4 Å². The number of hydrogen-bond donors (Lipinski definition) is 0. The van der Waals surface area contributed by atoms with Crippen LogP contribution in [0.5, 0.6) is 11.6 Å². The van der Waals surface area contributed by atoms with Crippen molar-refractivity contribution in [3.63, 3.8) is 0 Å². The van der Waals surface area contributed by atoms with Gasteiger partial charge in [-0.3, -0.25) is 4.79 Å². The molecule has 6 nitrogen and oxygen atoms in total. The minimum absolute atomic E-state index is 0.0641. The van der Waals surface area contributed by atoms with Crippen molar-refractivity contribution < 1.29 is 14.3 Å². The van der Waals surface area contributed by atoms with E-state index in [2.05, 4.69) is 29.9 Å². The van der Waals surface area contributed by atoms with E-state index < -0.39 is 5.41 Å². The van der Waals surface area contributed by atoms with E-state index in [1.165, 1.54) is 0 Å². The Balaban J connectivity index is 1.58. The third-order valence-corrected chi connectivity index (χ3v) is 7.10. The SMILES string of the molecule is COc1ccc2c(n1)C1(CO2)CC(=O)N(Cc2cnc(C(C)C)s2)c2ccccc21. The zero-order valence-corrected chi connectivity index (χ0v) is 18.0. The highest BCUT2D eigenvalue weighted by atomic mass is 32.1. The first-order valence-electron chi connectivity index (χ1n) is 10.0. The van der Waals surface area contributed by atoms with Crippen molar-refractivity contribution in [1.29, 1.82) is 0 Å². The summed E-state index contributed by atoms with van der Waals surface area (Å²) in [6.07, 6.45) is 2.20. The molecule has 154 valence electrons. The molecule has 1 unspecified atom stereocenters. The van der Waals surface area contributed by atoms with Crippen molar-refractivity contribution in [3.05, 3.63) is 63.7 Å². The fourth-order valence-electron chi connectivity index (χ4n) is 4.30. The first-order valence-corrected chi connectivity index (χ1v) is 10.9. The summed E-state index contributed by atoms with van der Waals surface area (Å²) in [5.41, 5.74) is 2.17. The summed E-state index contributed by atoms with van der Waals surface area (Å²) in [5, 5.41) is 1.09. The number of amides is 1. The maximum atomic E-state index is 13.4. The number of methoxy groups -OCH3 is 1. The van der Waals surface area contributed by atoms with E-state index in [-0.39, 0.29) is 5.91 Å². The van der Waals surface area contributed by atoms with Crippen LogP contribution in [-0.4, -0.2) is 29.6 Å². The molecule has 3 aromatic rings. The molecule has 1 amide bonds. The van der Waals surface area contributed by atoms with Crippen LogP contribution in [0.4, 0.5) is 5.69 Å². The van der Waals surface area contributed by atoms with Gasteiger partial charge in [-0.2, -0.15) is 0 Å². The summed E-state index contributed by atoms with van der Waals surface area (Å²) in [6.45, 7) is 5.19. The number of hydrogen-bond acceptors (Lipinski definition) is 6. The molecule has 4 heterocycles. The number of aromatic nitrogens is 2. The maximum absolute atomic E-state index is 13.4. The van der Waals surface area contributed by atoms with Crippen LogP contribution in [0, 0.1) is 0 Å². The summed E-state index contributed by atoms with van der Waals surface area (Å²) in [6, 6.07) is 11.7. The average Bonchev–Trinajstić information content (AvgIpc) is 3.37. The fourth-order valence-corrected chi connectivity index (χ4v) is 5.21. The first-order chi connectivity index (χ1) is 14.5. The number of benzene rings is 1. The van der Waals surface area contributed by atoms with Crippen molar-refractivity contribution in [2.45, 2.75) is 38.1 Å². The molecule has 0 saturated carbocycles. The normalized spacial score (nSPS) is 19.7. The average molecular weight is 422 g/mol. The van der Waals surface area contributed by atoms with Crippen LogP contribution in [0.15, 0.2) is 42.6 Å². The molecule has 0 bridgehead atoms. The lowest BCUT2D eigenvalue weighted by Gasteiger charge is -2.39. The summed E-state index contributed by atoms with van der Waals surface area (Å²) in [7, 11) is 1.60. The second-order valence-electron chi connectivity index (χ2n) is 8.06. The van der Waals surface area contributed by atoms with Crippen molar-refractivity contribution in [3.8, 4) is 11.6 Å². The van der Waals surface area contributed by atoms with E-state index in [9.17, 15) is 4.79 Å². The van der Waals surface area contributed by atoms with Crippen LogP contribution in [0.3, 0.4) is 0 Å². The highest BCUT2D eigenvalue weighted by Gasteiger charge is 2.51. The topological polar surface area (TPSA) is 64.6 Å². The van der Waals surface area contributed by atoms with Gasteiger partial charge in [0.05, 0.1) is 24.1 Å². The maximum Gasteiger partial charge on any atom is 0.228 e. The molecule has 0 N–H and O–H groups in total. The van der Waals surface area contributed by atoms with Crippen LogP contribution < -0.4 is 14.4 Å². The summed E-state index contributed by atoms with van der Waals surface area (Å²) >= 11 is 1.67. The number of rotatable bonds is 4. The molecule has 1 aromatic carbocycles. The number of ether oxygens (including phenoxy) is 2. The standard InChI is InChI=1S/C23H23N3O3S/c1-14(2)22-24-11-15(30-22)12-26-17-7-5-4-6-16(17)23(10-20(26)27)13-29-18-8-9-19(28-3)25-21(18)23/h4-9,11,14H,10,12-13H2,1-3H3. The Morgan fingerprint density at radius 1 is 1.27 bits per heavy atom. The van der Waals surface area contributed by atoms with E-state index >= 15 is 0 Å². The number of carbonyl (C=O) groups is 1. The third kappa shape index (κ3) is 2.88.